The van der Waals surface area contributed by atoms with Gasteiger partial charge in [-0.05, 0) is 125 Å². The van der Waals surface area contributed by atoms with E-state index in [1.54, 1.807) is 0 Å². The molecule has 0 radical (unpaired) electrons. The third-order valence-corrected chi connectivity index (χ3v) is 11.8. The molecule has 7 unspecified atom stereocenters. The highest BCUT2D eigenvalue weighted by atomic mass is 16.6. The third-order valence-electron chi connectivity index (χ3n) is 11.8. The van der Waals surface area contributed by atoms with Crippen LogP contribution in [0, 0.1) is 64.6 Å². The van der Waals surface area contributed by atoms with Gasteiger partial charge in [0, 0.05) is 5.41 Å². The van der Waals surface area contributed by atoms with Gasteiger partial charge >= 0.3 is 5.97 Å². The van der Waals surface area contributed by atoms with Crippen molar-refractivity contribution in [2.24, 2.45) is 64.6 Å². The first-order valence-corrected chi connectivity index (χ1v) is 13.6. The molecule has 30 heavy (non-hydrogen) atoms. The van der Waals surface area contributed by atoms with Crippen molar-refractivity contribution in [2.45, 2.75) is 104 Å². The highest BCUT2D eigenvalue weighted by molar-refractivity contribution is 5.74. The maximum atomic E-state index is 13.7. The monoisotopic (exact) mass is 412 g/mol. The summed E-state index contributed by atoms with van der Waals surface area (Å²) in [4.78, 5) is 13.7. The summed E-state index contributed by atoms with van der Waals surface area (Å²) in [5.74, 6) is 8.08. The van der Waals surface area contributed by atoms with Crippen molar-refractivity contribution in [1.82, 2.24) is 0 Å². The average molecular weight is 413 g/mol. The summed E-state index contributed by atoms with van der Waals surface area (Å²) in [7, 11) is 0. The van der Waals surface area contributed by atoms with Gasteiger partial charge in [0.05, 0.1) is 5.92 Å². The Morgan fingerprint density at radius 2 is 1.40 bits per heavy atom. The number of carbonyl (C=O) groups is 1. The molecule has 2 nitrogen and oxygen atoms in total. The Kier molecular flexibility index (Phi) is 4.51. The zero-order chi connectivity index (χ0) is 20.8. The molecule has 7 aliphatic rings. The molecule has 0 heterocycles. The van der Waals surface area contributed by atoms with Gasteiger partial charge in [-0.3, -0.25) is 4.79 Å². The quantitative estimate of drug-likeness (QED) is 0.461. The van der Waals surface area contributed by atoms with E-state index in [1.165, 1.54) is 64.2 Å². The van der Waals surface area contributed by atoms with Crippen molar-refractivity contribution in [2.75, 3.05) is 0 Å². The molecular formula is C28H44O2. The molecule has 0 N–H and O–H groups in total. The first-order chi connectivity index (χ1) is 14.3. The molecule has 0 aromatic heterocycles. The summed E-state index contributed by atoms with van der Waals surface area (Å²) >= 11 is 0. The van der Waals surface area contributed by atoms with E-state index < -0.39 is 0 Å². The zero-order valence-electron chi connectivity index (χ0n) is 19.9. The largest absolute Gasteiger partial charge is 0.459 e. The number of carbonyl (C=O) groups excluding carboxylic acids is 1. The van der Waals surface area contributed by atoms with Gasteiger partial charge in [-0.1, -0.05) is 26.7 Å². The lowest BCUT2D eigenvalue weighted by Gasteiger charge is -2.61. The second kappa shape index (κ2) is 6.74. The standard InChI is InChI=1S/C28H44O2/c1-5-19-10-20(6-2)25-22-11-21(24(19)25)12-23(22)26(29)30-27(3,4)28-13-16-7-17(14-28)9-18(8-16)15-28/h16-25H,5-15H2,1-4H3. The van der Waals surface area contributed by atoms with Gasteiger partial charge in [0.2, 0.25) is 0 Å². The summed E-state index contributed by atoms with van der Waals surface area (Å²) in [5, 5.41) is 0. The minimum absolute atomic E-state index is 0.191. The normalized spacial score (nSPS) is 53.3. The lowest BCUT2D eigenvalue weighted by molar-refractivity contribution is -0.204. The Balaban J connectivity index is 1.19. The number of hydrogen-bond acceptors (Lipinski definition) is 2. The Hall–Kier alpha value is -0.530. The van der Waals surface area contributed by atoms with Crippen molar-refractivity contribution in [3.8, 4) is 0 Å². The lowest BCUT2D eigenvalue weighted by atomic mass is 9.46. The van der Waals surface area contributed by atoms with Crippen LogP contribution in [-0.2, 0) is 9.53 Å². The van der Waals surface area contributed by atoms with Crippen LogP contribution in [0.25, 0.3) is 0 Å². The Morgan fingerprint density at radius 1 is 0.833 bits per heavy atom. The van der Waals surface area contributed by atoms with E-state index in [2.05, 4.69) is 27.7 Å². The molecule has 0 aromatic carbocycles. The predicted octanol–water partition coefficient (Wildman–Crippen LogP) is 6.87. The van der Waals surface area contributed by atoms with Crippen LogP contribution in [0.4, 0.5) is 0 Å². The molecule has 0 amide bonds. The average Bonchev–Trinajstić information content (AvgIpc) is 3.37. The summed E-state index contributed by atoms with van der Waals surface area (Å²) in [6.45, 7) is 9.35. The van der Waals surface area contributed by atoms with Gasteiger partial charge in [0.1, 0.15) is 5.60 Å². The molecule has 2 heteroatoms. The predicted molar refractivity (Wildman–Crippen MR) is 120 cm³/mol. The second-order valence-electron chi connectivity index (χ2n) is 13.4. The van der Waals surface area contributed by atoms with Gasteiger partial charge in [0.25, 0.3) is 0 Å². The summed E-state index contributed by atoms with van der Waals surface area (Å²) < 4.78 is 6.59. The molecule has 7 fully saturated rings. The molecule has 0 aromatic rings. The van der Waals surface area contributed by atoms with E-state index in [0.29, 0.717) is 5.92 Å². The summed E-state index contributed by atoms with van der Waals surface area (Å²) in [6, 6.07) is 0. The van der Waals surface area contributed by atoms with Crippen molar-refractivity contribution in [1.29, 1.82) is 0 Å². The zero-order valence-corrected chi connectivity index (χ0v) is 19.9. The number of ether oxygens (including phenoxy) is 1. The molecule has 7 aliphatic carbocycles. The van der Waals surface area contributed by atoms with Gasteiger partial charge in [0.15, 0.2) is 0 Å². The molecule has 6 bridgehead atoms. The van der Waals surface area contributed by atoms with E-state index in [0.717, 1.165) is 53.8 Å². The van der Waals surface area contributed by atoms with Gasteiger partial charge in [-0.25, -0.2) is 0 Å². The molecule has 7 rings (SSSR count). The van der Waals surface area contributed by atoms with Crippen molar-refractivity contribution >= 4 is 5.97 Å². The molecular weight excluding hydrogens is 368 g/mol. The van der Waals surface area contributed by atoms with E-state index in [9.17, 15) is 4.79 Å². The molecule has 7 atom stereocenters. The van der Waals surface area contributed by atoms with E-state index >= 15 is 0 Å². The molecule has 0 saturated heterocycles. The first kappa shape index (κ1) is 20.1. The lowest BCUT2D eigenvalue weighted by Crippen LogP contribution is -2.57. The van der Waals surface area contributed by atoms with Crippen molar-refractivity contribution < 1.29 is 9.53 Å². The number of rotatable bonds is 5. The number of fused-ring (bicyclic) bond motifs is 5. The summed E-state index contributed by atoms with van der Waals surface area (Å²) in [5.41, 5.74) is -0.0166. The van der Waals surface area contributed by atoms with Crippen LogP contribution >= 0.6 is 0 Å². The van der Waals surface area contributed by atoms with E-state index in [1.807, 2.05) is 0 Å². The highest BCUT2D eigenvalue weighted by Gasteiger charge is 2.63. The fourth-order valence-corrected chi connectivity index (χ4v) is 10.9. The van der Waals surface area contributed by atoms with E-state index in [4.69, 9.17) is 4.74 Å². The van der Waals surface area contributed by atoms with Gasteiger partial charge < -0.3 is 4.74 Å². The Bertz CT molecular complexity index is 672. The smallest absolute Gasteiger partial charge is 0.309 e. The van der Waals surface area contributed by atoms with Crippen LogP contribution in [0.1, 0.15) is 98.3 Å². The fraction of sp³-hybridized carbons (Fsp3) is 0.964. The SMILES string of the molecule is CCC1CC(CC)C2C3CC(CC3C(=O)OC(C)(C)C34CC5CC(CC(C5)C3)C4)C12. The topological polar surface area (TPSA) is 26.3 Å². The molecule has 7 saturated carbocycles. The van der Waals surface area contributed by atoms with Crippen LogP contribution < -0.4 is 0 Å². The van der Waals surface area contributed by atoms with Crippen LogP contribution in [0.15, 0.2) is 0 Å². The highest BCUT2D eigenvalue weighted by Crippen LogP contribution is 2.67. The first-order valence-electron chi connectivity index (χ1n) is 13.6. The van der Waals surface area contributed by atoms with Crippen LogP contribution in [0.3, 0.4) is 0 Å². The number of esters is 1. The minimum atomic E-state index is -0.285. The second-order valence-corrected chi connectivity index (χ2v) is 13.4. The molecule has 168 valence electrons. The van der Waals surface area contributed by atoms with Crippen LogP contribution in [-0.4, -0.2) is 11.6 Å². The van der Waals surface area contributed by atoms with E-state index in [-0.39, 0.29) is 22.9 Å². The molecule has 0 aliphatic heterocycles. The van der Waals surface area contributed by atoms with Gasteiger partial charge in [-0.2, -0.15) is 0 Å². The Labute approximate surface area is 184 Å². The minimum Gasteiger partial charge on any atom is -0.459 e. The van der Waals surface area contributed by atoms with Crippen molar-refractivity contribution in [3.05, 3.63) is 0 Å². The number of hydrogen-bond donors (Lipinski definition) is 0. The van der Waals surface area contributed by atoms with Gasteiger partial charge in [-0.15, -0.1) is 0 Å². The summed E-state index contributed by atoms with van der Waals surface area (Å²) in [6.07, 6.45) is 14.8. The maximum Gasteiger partial charge on any atom is 0.309 e. The Morgan fingerprint density at radius 3 is 1.97 bits per heavy atom. The molecule has 0 spiro atoms. The fourth-order valence-electron chi connectivity index (χ4n) is 10.9. The van der Waals surface area contributed by atoms with Crippen molar-refractivity contribution in [3.63, 3.8) is 0 Å². The third kappa shape index (κ3) is 2.70. The maximum absolute atomic E-state index is 13.7. The van der Waals surface area contributed by atoms with Crippen LogP contribution in [0.2, 0.25) is 0 Å². The van der Waals surface area contributed by atoms with Crippen LogP contribution in [0.5, 0.6) is 0 Å².